The van der Waals surface area contributed by atoms with Gasteiger partial charge in [0.25, 0.3) is 0 Å². The quantitative estimate of drug-likeness (QED) is 0.736. The molecule has 0 amide bonds. The summed E-state index contributed by atoms with van der Waals surface area (Å²) >= 11 is 3.49. The molecular formula is C16H24BrNO2. The number of rotatable bonds is 6. The zero-order valence-electron chi connectivity index (χ0n) is 12.3. The van der Waals surface area contributed by atoms with Gasteiger partial charge in [-0.15, -0.1) is 0 Å². The maximum absolute atomic E-state index is 5.78. The van der Waals surface area contributed by atoms with Crippen LogP contribution in [-0.4, -0.2) is 43.3 Å². The van der Waals surface area contributed by atoms with E-state index in [4.69, 9.17) is 9.47 Å². The molecular weight excluding hydrogens is 318 g/mol. The van der Waals surface area contributed by atoms with Crippen LogP contribution in [0.25, 0.3) is 0 Å². The second-order valence-electron chi connectivity index (χ2n) is 5.50. The molecule has 1 aromatic carbocycles. The van der Waals surface area contributed by atoms with Crippen LogP contribution in [0.4, 0.5) is 0 Å². The molecule has 3 nitrogen and oxygen atoms in total. The Morgan fingerprint density at radius 2 is 1.90 bits per heavy atom. The lowest BCUT2D eigenvalue weighted by atomic mass is 10.2. The van der Waals surface area contributed by atoms with E-state index >= 15 is 0 Å². The van der Waals surface area contributed by atoms with Crippen LogP contribution in [0.2, 0.25) is 0 Å². The van der Waals surface area contributed by atoms with E-state index in [1.165, 1.54) is 6.42 Å². The molecule has 0 aliphatic carbocycles. The number of para-hydroxylation sites is 1. The molecule has 1 fully saturated rings. The summed E-state index contributed by atoms with van der Waals surface area (Å²) < 4.78 is 12.5. The first kappa shape index (κ1) is 15.8. The van der Waals surface area contributed by atoms with Gasteiger partial charge in [-0.3, -0.25) is 4.90 Å². The van der Waals surface area contributed by atoms with Crippen LogP contribution in [-0.2, 0) is 4.74 Å². The van der Waals surface area contributed by atoms with E-state index in [0.29, 0.717) is 12.2 Å². The predicted molar refractivity (Wildman–Crippen MR) is 85.3 cm³/mol. The number of hydrogen-bond acceptors (Lipinski definition) is 3. The summed E-state index contributed by atoms with van der Waals surface area (Å²) in [5, 5.41) is 0. The van der Waals surface area contributed by atoms with Gasteiger partial charge in [-0.1, -0.05) is 12.1 Å². The minimum absolute atomic E-state index is 0.357. The van der Waals surface area contributed by atoms with Gasteiger partial charge in [-0.2, -0.15) is 0 Å². The van der Waals surface area contributed by atoms with E-state index in [-0.39, 0.29) is 0 Å². The summed E-state index contributed by atoms with van der Waals surface area (Å²) in [5.74, 6) is 0.932. The Labute approximate surface area is 130 Å². The molecule has 0 saturated carbocycles. The number of unbranched alkanes of at least 4 members (excludes halogenated alkanes) is 1. The summed E-state index contributed by atoms with van der Waals surface area (Å²) in [6, 6.07) is 8.00. The maximum Gasteiger partial charge on any atom is 0.133 e. The van der Waals surface area contributed by atoms with Crippen molar-refractivity contribution < 1.29 is 9.47 Å². The Balaban J connectivity index is 1.61. The van der Waals surface area contributed by atoms with Gasteiger partial charge in [0.1, 0.15) is 5.75 Å². The Kier molecular flexibility index (Phi) is 6.33. The normalized spacial score (nSPS) is 23.8. The third kappa shape index (κ3) is 5.08. The molecule has 1 saturated heterocycles. The molecule has 1 aromatic rings. The number of ether oxygens (including phenoxy) is 2. The average Bonchev–Trinajstić information content (AvgIpc) is 2.39. The summed E-state index contributed by atoms with van der Waals surface area (Å²) in [4.78, 5) is 2.50. The van der Waals surface area contributed by atoms with Crippen LogP contribution in [0.5, 0.6) is 5.75 Å². The van der Waals surface area contributed by atoms with E-state index in [1.807, 2.05) is 24.3 Å². The van der Waals surface area contributed by atoms with Gasteiger partial charge >= 0.3 is 0 Å². The van der Waals surface area contributed by atoms with E-state index in [9.17, 15) is 0 Å². The second kappa shape index (κ2) is 8.01. The van der Waals surface area contributed by atoms with Crippen molar-refractivity contribution in [2.45, 2.75) is 38.9 Å². The summed E-state index contributed by atoms with van der Waals surface area (Å²) in [6.07, 6.45) is 2.97. The molecule has 20 heavy (non-hydrogen) atoms. The standard InChI is InChI=1S/C16H24BrNO2/c1-13-11-18(12-14(2)20-13)9-5-6-10-19-16-8-4-3-7-15(16)17/h3-4,7-8,13-14H,5-6,9-12H2,1-2H3/t13-,14+. The molecule has 1 aliphatic heterocycles. The number of halogens is 1. The van der Waals surface area contributed by atoms with Crippen molar-refractivity contribution in [2.24, 2.45) is 0 Å². The summed E-state index contributed by atoms with van der Waals surface area (Å²) in [7, 11) is 0. The molecule has 0 radical (unpaired) electrons. The molecule has 1 aliphatic rings. The fourth-order valence-electron chi connectivity index (χ4n) is 2.65. The van der Waals surface area contributed by atoms with Crippen LogP contribution >= 0.6 is 15.9 Å². The first-order valence-corrected chi connectivity index (χ1v) is 8.19. The van der Waals surface area contributed by atoms with Gasteiger partial charge < -0.3 is 9.47 Å². The number of benzene rings is 1. The summed E-state index contributed by atoms with van der Waals surface area (Å²) in [5.41, 5.74) is 0. The number of nitrogens with zero attached hydrogens (tertiary/aromatic N) is 1. The highest BCUT2D eigenvalue weighted by atomic mass is 79.9. The molecule has 2 rings (SSSR count). The maximum atomic E-state index is 5.78. The van der Waals surface area contributed by atoms with E-state index < -0.39 is 0 Å². The molecule has 0 aromatic heterocycles. The zero-order chi connectivity index (χ0) is 14.4. The molecule has 0 N–H and O–H groups in total. The molecule has 0 spiro atoms. The Morgan fingerprint density at radius 1 is 1.20 bits per heavy atom. The molecule has 0 bridgehead atoms. The lowest BCUT2D eigenvalue weighted by molar-refractivity contribution is -0.0682. The van der Waals surface area contributed by atoms with Crippen LogP contribution in [0.15, 0.2) is 28.7 Å². The van der Waals surface area contributed by atoms with E-state index in [0.717, 1.165) is 42.9 Å². The SMILES string of the molecule is C[C@@H]1CN(CCCCOc2ccccc2Br)C[C@H](C)O1. The first-order valence-electron chi connectivity index (χ1n) is 7.40. The third-order valence-electron chi connectivity index (χ3n) is 3.46. The van der Waals surface area contributed by atoms with Crippen LogP contribution in [0.1, 0.15) is 26.7 Å². The van der Waals surface area contributed by atoms with Crippen LogP contribution in [0, 0.1) is 0 Å². The Hall–Kier alpha value is -0.580. The Bertz CT molecular complexity index is 403. The van der Waals surface area contributed by atoms with Crippen molar-refractivity contribution in [1.82, 2.24) is 4.90 Å². The molecule has 1 heterocycles. The van der Waals surface area contributed by atoms with Crippen LogP contribution in [0.3, 0.4) is 0 Å². The number of hydrogen-bond donors (Lipinski definition) is 0. The van der Waals surface area contributed by atoms with Crippen molar-refractivity contribution >= 4 is 15.9 Å². The molecule has 4 heteroatoms. The fourth-order valence-corrected chi connectivity index (χ4v) is 3.05. The van der Waals surface area contributed by atoms with Crippen molar-refractivity contribution in [3.05, 3.63) is 28.7 Å². The van der Waals surface area contributed by atoms with E-state index in [1.54, 1.807) is 0 Å². The zero-order valence-corrected chi connectivity index (χ0v) is 13.9. The largest absolute Gasteiger partial charge is 0.492 e. The molecule has 112 valence electrons. The monoisotopic (exact) mass is 341 g/mol. The number of morpholine rings is 1. The van der Waals surface area contributed by atoms with Crippen molar-refractivity contribution in [2.75, 3.05) is 26.2 Å². The first-order chi connectivity index (χ1) is 9.65. The lowest BCUT2D eigenvalue weighted by Gasteiger charge is -2.35. The highest BCUT2D eigenvalue weighted by Crippen LogP contribution is 2.23. The van der Waals surface area contributed by atoms with Gasteiger partial charge in [0, 0.05) is 13.1 Å². The minimum atomic E-state index is 0.357. The average molecular weight is 342 g/mol. The van der Waals surface area contributed by atoms with E-state index in [2.05, 4.69) is 34.7 Å². The predicted octanol–water partition coefficient (Wildman–Crippen LogP) is 3.72. The smallest absolute Gasteiger partial charge is 0.133 e. The minimum Gasteiger partial charge on any atom is -0.492 e. The van der Waals surface area contributed by atoms with Gasteiger partial charge in [-0.25, -0.2) is 0 Å². The molecule has 0 unspecified atom stereocenters. The highest BCUT2D eigenvalue weighted by molar-refractivity contribution is 9.10. The van der Waals surface area contributed by atoms with Gasteiger partial charge in [0.05, 0.1) is 23.3 Å². The van der Waals surface area contributed by atoms with Gasteiger partial charge in [0.15, 0.2) is 0 Å². The van der Waals surface area contributed by atoms with Gasteiger partial charge in [0.2, 0.25) is 0 Å². The van der Waals surface area contributed by atoms with Crippen molar-refractivity contribution in [3.63, 3.8) is 0 Å². The van der Waals surface area contributed by atoms with Crippen molar-refractivity contribution in [3.8, 4) is 5.75 Å². The fraction of sp³-hybridized carbons (Fsp3) is 0.625. The molecule has 2 atom stereocenters. The second-order valence-corrected chi connectivity index (χ2v) is 6.36. The lowest BCUT2D eigenvalue weighted by Crippen LogP contribution is -2.45. The highest BCUT2D eigenvalue weighted by Gasteiger charge is 2.21. The third-order valence-corrected chi connectivity index (χ3v) is 4.11. The Morgan fingerprint density at radius 3 is 2.60 bits per heavy atom. The topological polar surface area (TPSA) is 21.7 Å². The van der Waals surface area contributed by atoms with Crippen molar-refractivity contribution in [1.29, 1.82) is 0 Å². The summed E-state index contributed by atoms with van der Waals surface area (Å²) in [6.45, 7) is 8.32. The van der Waals surface area contributed by atoms with Gasteiger partial charge in [-0.05, 0) is 61.3 Å². The van der Waals surface area contributed by atoms with Crippen LogP contribution < -0.4 is 4.74 Å².